The van der Waals surface area contributed by atoms with E-state index in [-0.39, 0.29) is 36.1 Å². The van der Waals surface area contributed by atoms with E-state index >= 15 is 0 Å². The van der Waals surface area contributed by atoms with Crippen LogP contribution in [-0.2, 0) is 28.6 Å². The molecule has 1 heterocycles. The van der Waals surface area contributed by atoms with Crippen molar-refractivity contribution in [2.75, 3.05) is 6.23 Å². The minimum Gasteiger partial charge on any atom is -0.462 e. The number of carbonyl (C=O) groups is 3. The highest BCUT2D eigenvalue weighted by atomic mass is 28.1. The van der Waals surface area contributed by atoms with E-state index in [4.69, 9.17) is 9.47 Å². The van der Waals surface area contributed by atoms with Crippen LogP contribution in [0.1, 0.15) is 12.8 Å². The maximum atomic E-state index is 11.5. The highest BCUT2D eigenvalue weighted by molar-refractivity contribution is 6.30. The molecule has 3 aliphatic rings. The summed E-state index contributed by atoms with van der Waals surface area (Å²) in [4.78, 5) is 34.2. The molecule has 5 unspecified atom stereocenters. The summed E-state index contributed by atoms with van der Waals surface area (Å²) >= 11 is 0. The molecule has 1 aliphatic heterocycles. The van der Waals surface area contributed by atoms with Gasteiger partial charge in [0, 0.05) is 11.8 Å². The van der Waals surface area contributed by atoms with Crippen LogP contribution in [0.3, 0.4) is 0 Å². The Labute approximate surface area is 106 Å². The quantitative estimate of drug-likeness (QED) is 0.259. The van der Waals surface area contributed by atoms with Crippen LogP contribution in [0.2, 0.25) is 0 Å². The van der Waals surface area contributed by atoms with Gasteiger partial charge in [0.15, 0.2) is 0 Å². The van der Waals surface area contributed by atoms with Gasteiger partial charge in [0.1, 0.15) is 12.2 Å². The Bertz CT molecular complexity index is 422. The SMILES string of the molecule is O=C(OC[SiH3])C(=O)OC1C2CC3C(=O)OC1C3C2. The van der Waals surface area contributed by atoms with Crippen LogP contribution in [0.5, 0.6) is 0 Å². The summed E-state index contributed by atoms with van der Waals surface area (Å²) in [6.07, 6.45) is 0.994. The summed E-state index contributed by atoms with van der Waals surface area (Å²) < 4.78 is 15.0. The molecule has 5 atom stereocenters. The topological polar surface area (TPSA) is 78.9 Å². The molecule has 0 N–H and O–H groups in total. The van der Waals surface area contributed by atoms with Crippen LogP contribution in [0.15, 0.2) is 0 Å². The van der Waals surface area contributed by atoms with Gasteiger partial charge in [-0.3, -0.25) is 4.79 Å². The van der Waals surface area contributed by atoms with Gasteiger partial charge in [0.25, 0.3) is 0 Å². The molecule has 1 saturated heterocycles. The van der Waals surface area contributed by atoms with E-state index in [1.807, 2.05) is 0 Å². The van der Waals surface area contributed by atoms with Crippen LogP contribution in [0.25, 0.3) is 0 Å². The van der Waals surface area contributed by atoms with E-state index in [0.29, 0.717) is 16.7 Å². The van der Waals surface area contributed by atoms with Crippen molar-refractivity contribution in [1.82, 2.24) is 0 Å². The van der Waals surface area contributed by atoms with E-state index in [1.165, 1.54) is 0 Å². The Morgan fingerprint density at radius 3 is 2.83 bits per heavy atom. The first kappa shape index (κ1) is 11.7. The Kier molecular flexibility index (Phi) is 2.65. The zero-order valence-electron chi connectivity index (χ0n) is 9.96. The van der Waals surface area contributed by atoms with Crippen molar-refractivity contribution in [3.63, 3.8) is 0 Å². The first-order valence-corrected chi connectivity index (χ1v) is 7.61. The summed E-state index contributed by atoms with van der Waals surface area (Å²) in [5, 5.41) is 0. The number of carbonyl (C=O) groups excluding carboxylic acids is 3. The van der Waals surface area contributed by atoms with Gasteiger partial charge in [-0.2, -0.15) is 0 Å². The van der Waals surface area contributed by atoms with Gasteiger partial charge in [-0.25, -0.2) is 9.59 Å². The van der Waals surface area contributed by atoms with E-state index in [1.54, 1.807) is 0 Å². The van der Waals surface area contributed by atoms with E-state index in [9.17, 15) is 14.4 Å². The molecule has 2 aliphatic carbocycles. The summed E-state index contributed by atoms with van der Waals surface area (Å²) in [7, 11) is 0.679. The number of hydrogen-bond donors (Lipinski definition) is 0. The molecule has 0 spiro atoms. The molecule has 0 aromatic rings. The average Bonchev–Trinajstić information content (AvgIpc) is 2.93. The van der Waals surface area contributed by atoms with Crippen molar-refractivity contribution < 1.29 is 28.6 Å². The maximum Gasteiger partial charge on any atom is 0.417 e. The van der Waals surface area contributed by atoms with Crippen molar-refractivity contribution in [2.45, 2.75) is 25.0 Å². The Balaban J connectivity index is 1.67. The second kappa shape index (κ2) is 4.08. The molecule has 0 amide bonds. The number of hydrogen-bond acceptors (Lipinski definition) is 6. The molecule has 18 heavy (non-hydrogen) atoms. The molecular weight excluding hydrogens is 256 g/mol. The predicted octanol–water partition coefficient (Wildman–Crippen LogP) is -1.65. The Morgan fingerprint density at radius 2 is 2.11 bits per heavy atom. The van der Waals surface area contributed by atoms with Crippen LogP contribution in [0, 0.1) is 17.8 Å². The van der Waals surface area contributed by atoms with Crippen molar-refractivity contribution in [2.24, 2.45) is 17.8 Å². The van der Waals surface area contributed by atoms with E-state index in [0.717, 1.165) is 6.42 Å². The zero-order valence-corrected chi connectivity index (χ0v) is 12.0. The van der Waals surface area contributed by atoms with Crippen LogP contribution in [-0.4, -0.2) is 46.6 Å². The summed E-state index contributed by atoms with van der Waals surface area (Å²) in [6.45, 7) is 0. The van der Waals surface area contributed by atoms with Gasteiger partial charge in [0.05, 0.1) is 22.4 Å². The number of rotatable bonds is 2. The minimum absolute atomic E-state index is 0.0245. The molecule has 0 aromatic heterocycles. The van der Waals surface area contributed by atoms with Gasteiger partial charge < -0.3 is 14.2 Å². The van der Waals surface area contributed by atoms with Gasteiger partial charge in [-0.1, -0.05) is 0 Å². The molecule has 98 valence electrons. The monoisotopic (exact) mass is 270 g/mol. The smallest absolute Gasteiger partial charge is 0.417 e. The standard InChI is InChI=1S/C11H14O6Si/c12-9-6-2-4-1-5(6)8(17-9)7(4)16-11(14)10(13)15-3-18/h4-8H,1-3H2,18H3. The molecule has 3 fully saturated rings. The lowest BCUT2D eigenvalue weighted by Gasteiger charge is -2.24. The molecular formula is C11H14O6Si. The van der Waals surface area contributed by atoms with Gasteiger partial charge in [0.2, 0.25) is 0 Å². The van der Waals surface area contributed by atoms with Gasteiger partial charge in [-0.15, -0.1) is 0 Å². The van der Waals surface area contributed by atoms with Crippen molar-refractivity contribution in [1.29, 1.82) is 0 Å². The highest BCUT2D eigenvalue weighted by Gasteiger charge is 2.63. The highest BCUT2D eigenvalue weighted by Crippen LogP contribution is 2.55. The average molecular weight is 270 g/mol. The summed E-state index contributed by atoms with van der Waals surface area (Å²) in [5.74, 6) is -1.83. The third kappa shape index (κ3) is 1.57. The molecule has 6 nitrogen and oxygen atoms in total. The fraction of sp³-hybridized carbons (Fsp3) is 0.727. The summed E-state index contributed by atoms with van der Waals surface area (Å²) in [6, 6.07) is 0. The lowest BCUT2D eigenvalue weighted by molar-refractivity contribution is -0.175. The summed E-state index contributed by atoms with van der Waals surface area (Å²) in [5.41, 5.74) is 0. The minimum atomic E-state index is -0.970. The van der Waals surface area contributed by atoms with Crippen molar-refractivity contribution >= 4 is 28.2 Å². The third-order valence-corrected chi connectivity index (χ3v) is 4.39. The number of ether oxygens (including phenoxy) is 3. The lowest BCUT2D eigenvalue weighted by Crippen LogP contribution is -2.38. The zero-order chi connectivity index (χ0) is 12.9. The Morgan fingerprint density at radius 1 is 1.33 bits per heavy atom. The maximum absolute atomic E-state index is 11.5. The van der Waals surface area contributed by atoms with Crippen molar-refractivity contribution in [3.8, 4) is 0 Å². The van der Waals surface area contributed by atoms with Crippen LogP contribution >= 0.6 is 0 Å². The molecule has 2 saturated carbocycles. The Hall–Kier alpha value is -1.37. The lowest BCUT2D eigenvalue weighted by atomic mass is 9.88. The molecule has 3 rings (SSSR count). The van der Waals surface area contributed by atoms with Crippen molar-refractivity contribution in [3.05, 3.63) is 0 Å². The molecule has 2 bridgehead atoms. The fourth-order valence-electron chi connectivity index (χ4n) is 3.43. The van der Waals surface area contributed by atoms with Crippen LogP contribution < -0.4 is 0 Å². The molecule has 0 radical (unpaired) electrons. The first-order chi connectivity index (χ1) is 8.61. The van der Waals surface area contributed by atoms with Crippen LogP contribution in [0.4, 0.5) is 0 Å². The fourth-order valence-corrected chi connectivity index (χ4v) is 3.69. The largest absolute Gasteiger partial charge is 0.462 e. The third-order valence-electron chi connectivity index (χ3n) is 4.10. The van der Waals surface area contributed by atoms with E-state index < -0.39 is 18.0 Å². The van der Waals surface area contributed by atoms with Gasteiger partial charge in [-0.05, 0) is 12.8 Å². The second-order valence-electron chi connectivity index (χ2n) is 4.99. The van der Waals surface area contributed by atoms with Gasteiger partial charge >= 0.3 is 17.9 Å². The normalized spacial score (nSPS) is 39.8. The van der Waals surface area contributed by atoms with E-state index in [2.05, 4.69) is 4.74 Å². The predicted molar refractivity (Wildman–Crippen MR) is 60.4 cm³/mol. The number of fused-ring (bicyclic) bond motifs is 1. The molecule has 0 aromatic carbocycles. The molecule has 7 heteroatoms. The second-order valence-corrected chi connectivity index (χ2v) is 5.57. The first-order valence-electron chi connectivity index (χ1n) is 6.20. The number of esters is 3.